The Hall–Kier alpha value is -1.14. The number of hydrogen-bond donors (Lipinski definition) is 1. The van der Waals surface area contributed by atoms with E-state index < -0.39 is 10.8 Å². The Morgan fingerprint density at radius 2 is 2.11 bits per heavy atom. The third-order valence-electron chi connectivity index (χ3n) is 2.94. The summed E-state index contributed by atoms with van der Waals surface area (Å²) < 4.78 is 15.1. The fraction of sp³-hybridized carbons (Fsp3) is 0.308. The van der Waals surface area contributed by atoms with E-state index in [1.807, 2.05) is 26.1 Å². The van der Waals surface area contributed by atoms with E-state index in [2.05, 4.69) is 21.0 Å². The Morgan fingerprint density at radius 1 is 1.42 bits per heavy atom. The van der Waals surface area contributed by atoms with E-state index in [9.17, 15) is 4.21 Å². The summed E-state index contributed by atoms with van der Waals surface area (Å²) in [6.45, 7) is 2.04. The maximum absolute atomic E-state index is 12.4. The number of halogens is 1. The number of aryl methyl sites for hydroxylation is 2. The minimum atomic E-state index is -1.17. The van der Waals surface area contributed by atoms with Crippen LogP contribution in [0.15, 0.2) is 33.6 Å². The normalized spacial score (nSPS) is 12.6. The third kappa shape index (κ3) is 2.90. The first kappa shape index (κ1) is 14.3. The molecule has 0 radical (unpaired) electrons. The van der Waals surface area contributed by atoms with E-state index in [0.717, 1.165) is 22.3 Å². The van der Waals surface area contributed by atoms with Gasteiger partial charge in [-0.05, 0) is 34.5 Å². The van der Waals surface area contributed by atoms with Crippen LogP contribution in [0.3, 0.4) is 0 Å². The topological polar surface area (TPSA) is 60.9 Å². The molecule has 1 aromatic heterocycles. The number of nitrogens with two attached hydrogens (primary N) is 1. The molecule has 4 nitrogen and oxygen atoms in total. The van der Waals surface area contributed by atoms with E-state index in [1.165, 1.54) is 0 Å². The molecule has 0 fully saturated rings. The van der Waals surface area contributed by atoms with Gasteiger partial charge in [0.1, 0.15) is 0 Å². The summed E-state index contributed by atoms with van der Waals surface area (Å²) in [6.07, 6.45) is 0.842. The van der Waals surface area contributed by atoms with Gasteiger partial charge < -0.3 is 5.73 Å². The summed E-state index contributed by atoms with van der Waals surface area (Å²) in [4.78, 5) is 0.675. The molecule has 0 aliphatic rings. The molecule has 19 heavy (non-hydrogen) atoms. The Balaban J connectivity index is 2.30. The zero-order valence-corrected chi connectivity index (χ0v) is 13.3. The molecule has 0 saturated heterocycles. The van der Waals surface area contributed by atoms with Crippen LogP contribution in [0.1, 0.15) is 18.3 Å². The van der Waals surface area contributed by atoms with Gasteiger partial charge in [0.05, 0.1) is 37.3 Å². The van der Waals surface area contributed by atoms with Crippen molar-refractivity contribution >= 4 is 32.4 Å². The fourth-order valence-electron chi connectivity index (χ4n) is 1.87. The number of nitrogens with zero attached hydrogens (tertiary/aromatic N) is 2. The Kier molecular flexibility index (Phi) is 4.42. The summed E-state index contributed by atoms with van der Waals surface area (Å²) in [5.41, 5.74) is 8.33. The number of benzene rings is 1. The lowest BCUT2D eigenvalue weighted by atomic mass is 10.3. The van der Waals surface area contributed by atoms with Crippen LogP contribution < -0.4 is 5.73 Å². The molecule has 1 aromatic carbocycles. The molecule has 0 aliphatic carbocycles. The standard InChI is InChI=1S/C13H16BrN3OS/c1-3-10-13(14)11(17(2)16-10)8-19(18)12-7-5-4-6-9(12)15/h4-7H,3,8,15H2,1-2H3. The molecule has 2 aromatic rings. The fourth-order valence-corrected chi connectivity index (χ4v) is 4.10. The van der Waals surface area contributed by atoms with Gasteiger partial charge in [0.25, 0.3) is 0 Å². The summed E-state index contributed by atoms with van der Waals surface area (Å²) in [6, 6.07) is 7.25. The van der Waals surface area contributed by atoms with Crippen molar-refractivity contribution < 1.29 is 4.21 Å². The van der Waals surface area contributed by atoms with Gasteiger partial charge >= 0.3 is 0 Å². The van der Waals surface area contributed by atoms with Crippen LogP contribution in [0.2, 0.25) is 0 Å². The lowest BCUT2D eigenvalue weighted by molar-refractivity contribution is 0.675. The molecule has 2 rings (SSSR count). The third-order valence-corrected chi connectivity index (χ3v) is 5.25. The Morgan fingerprint density at radius 3 is 2.68 bits per heavy atom. The molecule has 102 valence electrons. The largest absolute Gasteiger partial charge is 0.398 e. The number of nitrogen functional groups attached to an aromatic ring is 1. The maximum atomic E-state index is 12.4. The molecule has 0 amide bonds. The predicted octanol–water partition coefficient (Wildman–Crippen LogP) is 2.64. The maximum Gasteiger partial charge on any atom is 0.0767 e. The number of rotatable bonds is 4. The first-order valence-electron chi connectivity index (χ1n) is 5.97. The van der Waals surface area contributed by atoms with Crippen molar-refractivity contribution in [3.05, 3.63) is 40.1 Å². The molecule has 0 aliphatic heterocycles. The first-order chi connectivity index (χ1) is 9.04. The zero-order valence-electron chi connectivity index (χ0n) is 10.9. The lowest BCUT2D eigenvalue weighted by Gasteiger charge is -2.06. The highest BCUT2D eigenvalue weighted by molar-refractivity contribution is 9.10. The van der Waals surface area contributed by atoms with E-state index in [1.54, 1.807) is 16.8 Å². The van der Waals surface area contributed by atoms with Crippen LogP contribution in [-0.4, -0.2) is 14.0 Å². The van der Waals surface area contributed by atoms with E-state index in [4.69, 9.17) is 5.73 Å². The van der Waals surface area contributed by atoms with Gasteiger partial charge in [-0.2, -0.15) is 5.10 Å². The van der Waals surface area contributed by atoms with Gasteiger partial charge in [-0.15, -0.1) is 0 Å². The second kappa shape index (κ2) is 5.88. The zero-order chi connectivity index (χ0) is 14.0. The van der Waals surface area contributed by atoms with Crippen molar-refractivity contribution in [3.63, 3.8) is 0 Å². The van der Waals surface area contributed by atoms with Crippen LogP contribution >= 0.6 is 15.9 Å². The average Bonchev–Trinajstić information content (AvgIpc) is 2.66. The van der Waals surface area contributed by atoms with Crippen LogP contribution in [0.25, 0.3) is 0 Å². The van der Waals surface area contributed by atoms with Crippen molar-refractivity contribution in [2.45, 2.75) is 24.0 Å². The SMILES string of the molecule is CCc1nn(C)c(CS(=O)c2ccccc2N)c1Br. The van der Waals surface area contributed by atoms with Crippen LogP contribution in [0, 0.1) is 0 Å². The minimum Gasteiger partial charge on any atom is -0.398 e. The van der Waals surface area contributed by atoms with E-state index in [0.29, 0.717) is 16.3 Å². The summed E-state index contributed by atoms with van der Waals surface area (Å²) in [5, 5.41) is 4.40. The van der Waals surface area contributed by atoms with Gasteiger partial charge in [0.2, 0.25) is 0 Å². The monoisotopic (exact) mass is 341 g/mol. The molecule has 1 heterocycles. The van der Waals surface area contributed by atoms with Crippen LogP contribution in [-0.2, 0) is 30.0 Å². The molecule has 2 N–H and O–H groups in total. The van der Waals surface area contributed by atoms with E-state index >= 15 is 0 Å². The minimum absolute atomic E-state index is 0.401. The van der Waals surface area contributed by atoms with Crippen LogP contribution in [0.5, 0.6) is 0 Å². The van der Waals surface area contributed by atoms with Crippen molar-refractivity contribution in [1.29, 1.82) is 0 Å². The lowest BCUT2D eigenvalue weighted by Crippen LogP contribution is -2.05. The predicted molar refractivity (Wildman–Crippen MR) is 81.3 cm³/mol. The van der Waals surface area contributed by atoms with Crippen molar-refractivity contribution in [3.8, 4) is 0 Å². The van der Waals surface area contributed by atoms with Crippen LogP contribution in [0.4, 0.5) is 5.69 Å². The molecule has 0 saturated carbocycles. The molecule has 0 bridgehead atoms. The van der Waals surface area contributed by atoms with Gasteiger partial charge in [-0.3, -0.25) is 8.89 Å². The van der Waals surface area contributed by atoms with Crippen molar-refractivity contribution in [1.82, 2.24) is 9.78 Å². The van der Waals surface area contributed by atoms with Crippen molar-refractivity contribution in [2.75, 3.05) is 5.73 Å². The first-order valence-corrected chi connectivity index (χ1v) is 8.09. The summed E-state index contributed by atoms with van der Waals surface area (Å²) >= 11 is 3.53. The van der Waals surface area contributed by atoms with Gasteiger partial charge in [0.15, 0.2) is 0 Å². The molecular formula is C13H16BrN3OS. The summed E-state index contributed by atoms with van der Waals surface area (Å²) in [5.74, 6) is 0.401. The second-order valence-electron chi connectivity index (χ2n) is 4.21. The molecule has 1 unspecified atom stereocenters. The number of anilines is 1. The van der Waals surface area contributed by atoms with E-state index in [-0.39, 0.29) is 0 Å². The second-order valence-corrected chi connectivity index (χ2v) is 6.42. The highest BCUT2D eigenvalue weighted by Crippen LogP contribution is 2.25. The van der Waals surface area contributed by atoms with Gasteiger partial charge in [-0.1, -0.05) is 19.1 Å². The molecule has 0 spiro atoms. The quantitative estimate of drug-likeness (QED) is 0.869. The molecule has 1 atom stereocenters. The number of hydrogen-bond acceptors (Lipinski definition) is 3. The van der Waals surface area contributed by atoms with Gasteiger partial charge in [-0.25, -0.2) is 0 Å². The average molecular weight is 342 g/mol. The molecular weight excluding hydrogens is 326 g/mol. The number of para-hydroxylation sites is 1. The Bertz CT molecular complexity index is 624. The highest BCUT2D eigenvalue weighted by atomic mass is 79.9. The summed E-state index contributed by atoms with van der Waals surface area (Å²) in [7, 11) is 0.695. The van der Waals surface area contributed by atoms with Gasteiger partial charge in [0, 0.05) is 12.7 Å². The number of aromatic nitrogens is 2. The smallest absolute Gasteiger partial charge is 0.0767 e. The Labute approximate surface area is 123 Å². The van der Waals surface area contributed by atoms with Crippen molar-refractivity contribution in [2.24, 2.45) is 7.05 Å². The highest BCUT2D eigenvalue weighted by Gasteiger charge is 2.16. The molecule has 6 heteroatoms.